The van der Waals surface area contributed by atoms with Gasteiger partial charge in [0.25, 0.3) is 0 Å². The largest absolute Gasteiger partial charge is 0.378 e. The predicted molar refractivity (Wildman–Crippen MR) is 39.8 cm³/mol. The normalized spacial score (nSPS) is 10.2. The van der Waals surface area contributed by atoms with Crippen LogP contribution in [0.15, 0.2) is 10.6 Å². The van der Waals surface area contributed by atoms with Gasteiger partial charge in [0.2, 0.25) is 0 Å². The van der Waals surface area contributed by atoms with Crippen LogP contribution in [0, 0.1) is 0 Å². The number of methoxy groups -OCH3 is 1. The lowest BCUT2D eigenvalue weighted by atomic mass is 10.4. The summed E-state index contributed by atoms with van der Waals surface area (Å²) in [6.07, 6.45) is 0. The first-order chi connectivity index (χ1) is 4.86. The lowest BCUT2D eigenvalue weighted by Gasteiger charge is -1.86. The summed E-state index contributed by atoms with van der Waals surface area (Å²) in [5.74, 6) is 0.826. The Bertz CT molecular complexity index is 199. The van der Waals surface area contributed by atoms with Gasteiger partial charge in [-0.05, 0) is 0 Å². The summed E-state index contributed by atoms with van der Waals surface area (Å²) in [6, 6.07) is 1.86. The maximum atomic E-state index is 4.89. The number of hydrogen-bond acceptors (Lipinski definition) is 3. The van der Waals surface area contributed by atoms with E-state index in [0.29, 0.717) is 11.9 Å². The molecule has 56 valence electrons. The van der Waals surface area contributed by atoms with Gasteiger partial charge in [0.1, 0.15) is 11.5 Å². The van der Waals surface area contributed by atoms with Crippen LogP contribution in [0.3, 0.4) is 0 Å². The lowest BCUT2D eigenvalue weighted by Crippen LogP contribution is -1.84. The molecule has 1 aromatic rings. The standard InChI is InChI=1S/C6H8BrNO2/c1-9-4-5-2-6(3-7)10-8-5/h2H,3-4H2,1H3. The molecule has 10 heavy (non-hydrogen) atoms. The van der Waals surface area contributed by atoms with Crippen LogP contribution >= 0.6 is 15.9 Å². The highest BCUT2D eigenvalue weighted by molar-refractivity contribution is 9.08. The van der Waals surface area contributed by atoms with Gasteiger partial charge in [0, 0.05) is 13.2 Å². The molecule has 3 nitrogen and oxygen atoms in total. The van der Waals surface area contributed by atoms with Gasteiger partial charge in [0.05, 0.1) is 11.9 Å². The highest BCUT2D eigenvalue weighted by Crippen LogP contribution is 2.07. The molecule has 0 unspecified atom stereocenters. The molecule has 4 heteroatoms. The topological polar surface area (TPSA) is 35.3 Å². The predicted octanol–water partition coefficient (Wildman–Crippen LogP) is 1.72. The van der Waals surface area contributed by atoms with Crippen molar-refractivity contribution in [3.63, 3.8) is 0 Å². The van der Waals surface area contributed by atoms with E-state index in [1.165, 1.54) is 0 Å². The molecule has 1 heterocycles. The molecule has 0 aliphatic carbocycles. The molecule has 0 N–H and O–H groups in total. The Labute approximate surface area is 67.5 Å². The molecule has 1 rings (SSSR count). The number of ether oxygens (including phenoxy) is 1. The Morgan fingerprint density at radius 1 is 1.80 bits per heavy atom. The molecule has 0 aliphatic rings. The zero-order valence-electron chi connectivity index (χ0n) is 5.63. The number of nitrogens with zero attached hydrogens (tertiary/aromatic N) is 1. The minimum Gasteiger partial charge on any atom is -0.378 e. The monoisotopic (exact) mass is 205 g/mol. The molecule has 0 spiro atoms. The molecule has 0 aliphatic heterocycles. The van der Waals surface area contributed by atoms with Crippen LogP contribution in [0.1, 0.15) is 11.5 Å². The van der Waals surface area contributed by atoms with Crippen LogP contribution in [-0.2, 0) is 16.7 Å². The molecule has 0 saturated heterocycles. The molecule has 0 amide bonds. The molecule has 0 atom stereocenters. The van der Waals surface area contributed by atoms with Gasteiger partial charge < -0.3 is 9.26 Å². The smallest absolute Gasteiger partial charge is 0.147 e. The van der Waals surface area contributed by atoms with Crippen molar-refractivity contribution >= 4 is 15.9 Å². The minimum absolute atomic E-state index is 0.510. The molecular weight excluding hydrogens is 198 g/mol. The Morgan fingerprint density at radius 2 is 2.60 bits per heavy atom. The molecule has 0 aromatic carbocycles. The van der Waals surface area contributed by atoms with Crippen molar-refractivity contribution in [2.45, 2.75) is 11.9 Å². The molecule has 0 fully saturated rings. The van der Waals surface area contributed by atoms with E-state index in [9.17, 15) is 0 Å². The number of halogens is 1. The first-order valence-electron chi connectivity index (χ1n) is 2.86. The third-order valence-electron chi connectivity index (χ3n) is 1.03. The number of aromatic nitrogens is 1. The SMILES string of the molecule is COCc1cc(CBr)on1. The first kappa shape index (κ1) is 7.75. The van der Waals surface area contributed by atoms with Crippen molar-refractivity contribution < 1.29 is 9.26 Å². The van der Waals surface area contributed by atoms with Crippen molar-refractivity contribution in [3.8, 4) is 0 Å². The second-order valence-corrected chi connectivity index (χ2v) is 2.41. The summed E-state index contributed by atoms with van der Waals surface area (Å²) in [6.45, 7) is 0.510. The zero-order valence-corrected chi connectivity index (χ0v) is 7.22. The third kappa shape index (κ3) is 1.82. The van der Waals surface area contributed by atoms with Crippen molar-refractivity contribution in [1.82, 2.24) is 5.16 Å². The van der Waals surface area contributed by atoms with Gasteiger partial charge in [-0.2, -0.15) is 0 Å². The summed E-state index contributed by atoms with van der Waals surface area (Å²) in [5.41, 5.74) is 0.831. The van der Waals surface area contributed by atoms with E-state index < -0.39 is 0 Å². The van der Waals surface area contributed by atoms with Gasteiger partial charge in [-0.3, -0.25) is 0 Å². The van der Waals surface area contributed by atoms with Crippen LogP contribution < -0.4 is 0 Å². The summed E-state index contributed by atoms with van der Waals surface area (Å²) in [7, 11) is 1.63. The lowest BCUT2D eigenvalue weighted by molar-refractivity contribution is 0.177. The van der Waals surface area contributed by atoms with Crippen molar-refractivity contribution in [1.29, 1.82) is 0 Å². The summed E-state index contributed by atoms with van der Waals surface area (Å²) < 4.78 is 9.74. The Hall–Kier alpha value is -0.350. The quantitative estimate of drug-likeness (QED) is 0.706. The Kier molecular flexibility index (Phi) is 2.89. The van der Waals surface area contributed by atoms with Crippen molar-refractivity contribution in [2.24, 2.45) is 0 Å². The summed E-state index contributed by atoms with van der Waals surface area (Å²) in [4.78, 5) is 0. The third-order valence-corrected chi connectivity index (χ3v) is 1.58. The number of rotatable bonds is 3. The van der Waals surface area contributed by atoms with E-state index in [1.54, 1.807) is 7.11 Å². The number of alkyl halides is 1. The van der Waals surface area contributed by atoms with E-state index in [0.717, 1.165) is 11.5 Å². The number of hydrogen-bond donors (Lipinski definition) is 0. The molecule has 1 aromatic heterocycles. The Morgan fingerprint density at radius 3 is 3.10 bits per heavy atom. The van der Waals surface area contributed by atoms with Gasteiger partial charge in [-0.25, -0.2) is 0 Å². The van der Waals surface area contributed by atoms with E-state index in [-0.39, 0.29) is 0 Å². The highest BCUT2D eigenvalue weighted by atomic mass is 79.9. The Balaban J connectivity index is 2.59. The molecule has 0 saturated carbocycles. The van der Waals surface area contributed by atoms with Gasteiger partial charge >= 0.3 is 0 Å². The second kappa shape index (κ2) is 3.73. The van der Waals surface area contributed by atoms with Gasteiger partial charge in [0.15, 0.2) is 0 Å². The maximum Gasteiger partial charge on any atom is 0.147 e. The van der Waals surface area contributed by atoms with Crippen LogP contribution in [-0.4, -0.2) is 12.3 Å². The average Bonchev–Trinajstić information content (AvgIpc) is 2.37. The average molecular weight is 206 g/mol. The van der Waals surface area contributed by atoms with Gasteiger partial charge in [-0.1, -0.05) is 21.1 Å². The summed E-state index contributed by atoms with van der Waals surface area (Å²) >= 11 is 3.25. The first-order valence-corrected chi connectivity index (χ1v) is 3.98. The van der Waals surface area contributed by atoms with E-state index in [2.05, 4.69) is 21.1 Å². The fourth-order valence-electron chi connectivity index (χ4n) is 0.635. The van der Waals surface area contributed by atoms with E-state index >= 15 is 0 Å². The van der Waals surface area contributed by atoms with Crippen LogP contribution in [0.5, 0.6) is 0 Å². The molecule has 0 radical (unpaired) electrons. The van der Waals surface area contributed by atoms with Crippen molar-refractivity contribution in [2.75, 3.05) is 7.11 Å². The van der Waals surface area contributed by atoms with Gasteiger partial charge in [-0.15, -0.1) is 0 Å². The highest BCUT2D eigenvalue weighted by Gasteiger charge is 2.00. The van der Waals surface area contributed by atoms with E-state index in [1.807, 2.05) is 6.07 Å². The molecule has 0 bridgehead atoms. The van der Waals surface area contributed by atoms with Crippen LogP contribution in [0.4, 0.5) is 0 Å². The van der Waals surface area contributed by atoms with Crippen LogP contribution in [0.2, 0.25) is 0 Å². The maximum absolute atomic E-state index is 4.89. The summed E-state index contributed by atoms with van der Waals surface area (Å²) in [5, 5.41) is 4.44. The minimum atomic E-state index is 0.510. The van der Waals surface area contributed by atoms with Crippen LogP contribution in [0.25, 0.3) is 0 Å². The van der Waals surface area contributed by atoms with Crippen molar-refractivity contribution in [3.05, 3.63) is 17.5 Å². The fraction of sp³-hybridized carbons (Fsp3) is 0.500. The zero-order chi connectivity index (χ0) is 7.40. The fourth-order valence-corrected chi connectivity index (χ4v) is 0.899. The second-order valence-electron chi connectivity index (χ2n) is 1.85. The molecular formula is C6H8BrNO2. The van der Waals surface area contributed by atoms with E-state index in [4.69, 9.17) is 9.26 Å².